The first-order valence-corrected chi connectivity index (χ1v) is 5.91. The number of carbonyl (C=O) groups excluding carboxylic acids is 1. The van der Waals surface area contributed by atoms with Gasteiger partial charge in [-0.15, -0.1) is 0 Å². The van der Waals surface area contributed by atoms with E-state index in [0.29, 0.717) is 5.75 Å². The maximum atomic E-state index is 11.7. The Morgan fingerprint density at radius 3 is 2.72 bits per heavy atom. The summed E-state index contributed by atoms with van der Waals surface area (Å²) < 4.78 is 5.12. The van der Waals surface area contributed by atoms with Crippen molar-refractivity contribution < 1.29 is 14.5 Å². The molecule has 0 aliphatic heterocycles. The topological polar surface area (TPSA) is 69.4 Å². The minimum atomic E-state index is -0.585. The first kappa shape index (κ1) is 12.3. The number of carbonyl (C=O) groups is 1. The molecule has 0 saturated carbocycles. The largest absolute Gasteiger partial charge is 0.422 e. The number of rotatable bonds is 3. The lowest BCUT2D eigenvalue weighted by Gasteiger charge is -2.02. The lowest BCUT2D eigenvalue weighted by Crippen LogP contribution is -2.06. The Bertz CT molecular complexity index is 606. The quantitative estimate of drug-likeness (QED) is 0.369. The van der Waals surface area contributed by atoms with Crippen molar-refractivity contribution in [3.05, 3.63) is 57.0 Å². The summed E-state index contributed by atoms with van der Waals surface area (Å²) in [6.07, 6.45) is 0. The van der Waals surface area contributed by atoms with Crippen LogP contribution in [0, 0.1) is 17.0 Å². The maximum Gasteiger partial charge on any atom is 0.353 e. The molecule has 0 saturated heterocycles. The summed E-state index contributed by atoms with van der Waals surface area (Å²) >= 11 is 0.799. The molecule has 2 rings (SSSR count). The molecule has 0 aliphatic rings. The Labute approximate surface area is 107 Å². The summed E-state index contributed by atoms with van der Waals surface area (Å²) in [5.41, 5.74) is 0.970. The minimum absolute atomic E-state index is 0.0776. The molecule has 0 atom stereocenters. The monoisotopic (exact) mass is 263 g/mol. The van der Waals surface area contributed by atoms with Gasteiger partial charge in [-0.05, 0) is 30.7 Å². The van der Waals surface area contributed by atoms with Crippen molar-refractivity contribution >= 4 is 22.3 Å². The van der Waals surface area contributed by atoms with Gasteiger partial charge in [0.2, 0.25) is 0 Å². The van der Waals surface area contributed by atoms with Crippen LogP contribution < -0.4 is 4.74 Å². The molecule has 92 valence electrons. The van der Waals surface area contributed by atoms with Crippen LogP contribution in [-0.2, 0) is 0 Å². The Morgan fingerprint density at radius 2 is 2.11 bits per heavy atom. The first-order chi connectivity index (χ1) is 8.56. The summed E-state index contributed by atoms with van der Waals surface area (Å²) in [5, 5.41) is 10.4. The predicted molar refractivity (Wildman–Crippen MR) is 67.1 cm³/mol. The van der Waals surface area contributed by atoms with Crippen molar-refractivity contribution in [1.29, 1.82) is 0 Å². The Balaban J connectivity index is 2.14. The fourth-order valence-electron chi connectivity index (χ4n) is 1.37. The highest BCUT2D eigenvalue weighted by Gasteiger charge is 2.16. The summed E-state index contributed by atoms with van der Waals surface area (Å²) in [6, 6.07) is 9.72. The number of hydrogen-bond donors (Lipinski definition) is 0. The van der Waals surface area contributed by atoms with Crippen LogP contribution in [0.25, 0.3) is 0 Å². The third-order valence-corrected chi connectivity index (χ3v) is 3.19. The highest BCUT2D eigenvalue weighted by molar-refractivity contribution is 7.17. The van der Waals surface area contributed by atoms with Crippen LogP contribution in [0.4, 0.5) is 5.00 Å². The van der Waals surface area contributed by atoms with E-state index in [9.17, 15) is 14.9 Å². The molecule has 1 aromatic carbocycles. The molecule has 1 aromatic heterocycles. The van der Waals surface area contributed by atoms with Crippen molar-refractivity contribution in [1.82, 2.24) is 0 Å². The number of ether oxygens (including phenoxy) is 1. The average Bonchev–Trinajstić information content (AvgIpc) is 2.78. The molecule has 0 amide bonds. The van der Waals surface area contributed by atoms with Gasteiger partial charge in [-0.25, -0.2) is 4.79 Å². The fourth-order valence-corrected chi connectivity index (χ4v) is 2.07. The number of aryl methyl sites for hydroxylation is 1. The second-order valence-corrected chi connectivity index (χ2v) is 4.66. The molecule has 0 radical (unpaired) electrons. The summed E-state index contributed by atoms with van der Waals surface area (Å²) in [7, 11) is 0. The van der Waals surface area contributed by atoms with Crippen molar-refractivity contribution in [3.8, 4) is 5.75 Å². The molecular weight excluding hydrogens is 254 g/mol. The van der Waals surface area contributed by atoms with Crippen molar-refractivity contribution in [2.45, 2.75) is 6.92 Å². The lowest BCUT2D eigenvalue weighted by molar-refractivity contribution is -0.380. The van der Waals surface area contributed by atoms with Crippen molar-refractivity contribution in [3.63, 3.8) is 0 Å². The number of benzene rings is 1. The van der Waals surface area contributed by atoms with Crippen LogP contribution in [0.2, 0.25) is 0 Å². The second-order valence-electron chi connectivity index (χ2n) is 3.60. The number of nitro groups is 1. The standard InChI is InChI=1S/C12H9NO4S/c1-8-3-2-4-9(7-8)17-12(14)10-5-6-11(18-10)13(15)16/h2-7H,1H3. The molecule has 0 N–H and O–H groups in total. The van der Waals surface area contributed by atoms with Crippen LogP contribution in [0.15, 0.2) is 36.4 Å². The van der Waals surface area contributed by atoms with E-state index in [0.717, 1.165) is 16.9 Å². The average molecular weight is 263 g/mol. The zero-order valence-corrected chi connectivity index (χ0v) is 10.3. The van der Waals surface area contributed by atoms with Crippen molar-refractivity contribution in [2.75, 3.05) is 0 Å². The van der Waals surface area contributed by atoms with Gasteiger partial charge < -0.3 is 4.74 Å². The van der Waals surface area contributed by atoms with Gasteiger partial charge >= 0.3 is 11.0 Å². The van der Waals surface area contributed by atoms with Gasteiger partial charge in [-0.3, -0.25) is 10.1 Å². The number of thiophene rings is 1. The maximum absolute atomic E-state index is 11.7. The van der Waals surface area contributed by atoms with Crippen molar-refractivity contribution in [2.24, 2.45) is 0 Å². The van der Waals surface area contributed by atoms with E-state index in [-0.39, 0.29) is 9.88 Å². The molecule has 0 bridgehead atoms. The third kappa shape index (κ3) is 2.72. The SMILES string of the molecule is Cc1cccc(OC(=O)c2ccc([N+](=O)[O-])s2)c1. The van der Waals surface area contributed by atoms with E-state index in [4.69, 9.17) is 4.74 Å². The van der Waals surface area contributed by atoms with Crippen LogP contribution >= 0.6 is 11.3 Å². The normalized spacial score (nSPS) is 10.1. The van der Waals surface area contributed by atoms with E-state index in [1.807, 2.05) is 13.0 Å². The van der Waals surface area contributed by atoms with E-state index in [2.05, 4.69) is 0 Å². The molecule has 18 heavy (non-hydrogen) atoms. The molecule has 2 aromatic rings. The molecule has 0 unspecified atom stereocenters. The Kier molecular flexibility index (Phi) is 3.38. The Morgan fingerprint density at radius 1 is 1.33 bits per heavy atom. The number of esters is 1. The minimum Gasteiger partial charge on any atom is -0.422 e. The zero-order valence-electron chi connectivity index (χ0n) is 9.45. The third-order valence-electron chi connectivity index (χ3n) is 2.17. The van der Waals surface area contributed by atoms with E-state index >= 15 is 0 Å². The van der Waals surface area contributed by atoms with Crippen LogP contribution in [0.3, 0.4) is 0 Å². The molecule has 6 heteroatoms. The summed E-state index contributed by atoms with van der Waals surface area (Å²) in [6.45, 7) is 1.88. The number of hydrogen-bond acceptors (Lipinski definition) is 5. The molecule has 0 aliphatic carbocycles. The molecule has 0 fully saturated rings. The van der Waals surface area contributed by atoms with Gasteiger partial charge in [0, 0.05) is 6.07 Å². The summed E-state index contributed by atoms with van der Waals surface area (Å²) in [5.74, 6) is -0.158. The number of nitrogens with zero attached hydrogens (tertiary/aromatic N) is 1. The van der Waals surface area contributed by atoms with Gasteiger partial charge in [0.25, 0.3) is 0 Å². The fraction of sp³-hybridized carbons (Fsp3) is 0.0833. The first-order valence-electron chi connectivity index (χ1n) is 5.09. The van der Waals surface area contributed by atoms with Crippen LogP contribution in [0.1, 0.15) is 15.2 Å². The van der Waals surface area contributed by atoms with Gasteiger partial charge in [0.1, 0.15) is 10.6 Å². The van der Waals surface area contributed by atoms with Gasteiger partial charge in [-0.1, -0.05) is 23.5 Å². The molecule has 1 heterocycles. The zero-order chi connectivity index (χ0) is 13.1. The van der Waals surface area contributed by atoms with Gasteiger partial charge in [0.05, 0.1) is 4.92 Å². The van der Waals surface area contributed by atoms with Gasteiger partial charge in [-0.2, -0.15) is 0 Å². The molecule has 5 nitrogen and oxygen atoms in total. The lowest BCUT2D eigenvalue weighted by atomic mass is 10.2. The molecular formula is C12H9NO4S. The smallest absolute Gasteiger partial charge is 0.353 e. The van der Waals surface area contributed by atoms with E-state index in [1.54, 1.807) is 18.2 Å². The molecule has 0 spiro atoms. The Hall–Kier alpha value is -2.21. The van der Waals surface area contributed by atoms with E-state index in [1.165, 1.54) is 12.1 Å². The van der Waals surface area contributed by atoms with Crippen LogP contribution in [0.5, 0.6) is 5.75 Å². The van der Waals surface area contributed by atoms with Crippen LogP contribution in [-0.4, -0.2) is 10.9 Å². The second kappa shape index (κ2) is 4.97. The predicted octanol–water partition coefficient (Wildman–Crippen LogP) is 3.18. The van der Waals surface area contributed by atoms with Gasteiger partial charge in [0.15, 0.2) is 0 Å². The van der Waals surface area contributed by atoms with E-state index < -0.39 is 10.9 Å². The highest BCUT2D eigenvalue weighted by Crippen LogP contribution is 2.25. The highest BCUT2D eigenvalue weighted by atomic mass is 32.1. The summed E-state index contributed by atoms with van der Waals surface area (Å²) in [4.78, 5) is 21.9.